The Morgan fingerprint density at radius 3 is 2.56 bits per heavy atom. The van der Waals surface area contributed by atoms with Crippen LogP contribution < -0.4 is 10.1 Å². The van der Waals surface area contributed by atoms with E-state index in [4.69, 9.17) is 4.74 Å². The quantitative estimate of drug-likeness (QED) is 0.818. The molecule has 3 rings (SSSR count). The number of aliphatic hydroxyl groups is 1. The Morgan fingerprint density at radius 2 is 1.88 bits per heavy atom. The van der Waals surface area contributed by atoms with Crippen LogP contribution in [0.3, 0.4) is 0 Å². The van der Waals surface area contributed by atoms with Crippen LogP contribution in [0.5, 0.6) is 5.75 Å². The fourth-order valence-corrected chi connectivity index (χ4v) is 2.95. The molecular weight excluding hydrogens is 320 g/mol. The van der Waals surface area contributed by atoms with Gasteiger partial charge in [0.2, 0.25) is 0 Å². The molecule has 0 saturated carbocycles. The summed E-state index contributed by atoms with van der Waals surface area (Å²) in [6, 6.07) is 15.4. The number of urea groups is 1. The highest BCUT2D eigenvalue weighted by molar-refractivity contribution is 6.07. The van der Waals surface area contributed by atoms with Gasteiger partial charge in [-0.25, -0.2) is 4.79 Å². The van der Waals surface area contributed by atoms with Gasteiger partial charge in [-0.1, -0.05) is 42.5 Å². The van der Waals surface area contributed by atoms with E-state index in [0.29, 0.717) is 16.9 Å². The molecule has 2 N–H and O–H groups in total. The van der Waals surface area contributed by atoms with Gasteiger partial charge in [0.15, 0.2) is 0 Å². The summed E-state index contributed by atoms with van der Waals surface area (Å²) in [5, 5.41) is 13.1. The van der Waals surface area contributed by atoms with E-state index < -0.39 is 23.6 Å². The second kappa shape index (κ2) is 6.57. The summed E-state index contributed by atoms with van der Waals surface area (Å²) < 4.78 is 5.19. The molecule has 0 unspecified atom stereocenters. The van der Waals surface area contributed by atoms with Crippen molar-refractivity contribution in [3.63, 3.8) is 0 Å². The van der Waals surface area contributed by atoms with Crippen LogP contribution in [-0.4, -0.2) is 35.6 Å². The summed E-state index contributed by atoms with van der Waals surface area (Å²) in [5.74, 6) is 0.198. The van der Waals surface area contributed by atoms with E-state index >= 15 is 0 Å². The number of methoxy groups -OCH3 is 1. The van der Waals surface area contributed by atoms with Crippen LogP contribution in [-0.2, 0) is 10.3 Å². The van der Waals surface area contributed by atoms with Crippen molar-refractivity contribution < 1.29 is 19.4 Å². The summed E-state index contributed by atoms with van der Waals surface area (Å²) in [6.07, 6.45) is -0.941. The molecule has 1 fully saturated rings. The molecule has 3 amide bonds. The van der Waals surface area contributed by atoms with Crippen molar-refractivity contribution in [3.05, 3.63) is 65.7 Å². The lowest BCUT2D eigenvalue weighted by molar-refractivity contribution is -0.132. The number of aliphatic hydroxyl groups excluding tert-OH is 1. The Kier molecular flexibility index (Phi) is 4.46. The summed E-state index contributed by atoms with van der Waals surface area (Å²) >= 11 is 0. The highest BCUT2D eigenvalue weighted by Gasteiger charge is 2.49. The molecule has 6 nitrogen and oxygen atoms in total. The molecule has 2 atom stereocenters. The minimum Gasteiger partial charge on any atom is -0.497 e. The Labute approximate surface area is 146 Å². The van der Waals surface area contributed by atoms with E-state index in [-0.39, 0.29) is 6.54 Å². The standard InChI is InChI=1S/C19H20N2O4/c1-19(14-9-6-10-15(11-14)25-2)17(23)21(18(24)20-19)12-16(22)13-7-4-3-5-8-13/h3-11,16,22H,12H2,1-2H3,(H,20,24)/t16-,19+/m0/s1. The van der Waals surface area contributed by atoms with Crippen LogP contribution in [0.1, 0.15) is 24.2 Å². The highest BCUT2D eigenvalue weighted by atomic mass is 16.5. The maximum atomic E-state index is 12.9. The zero-order valence-corrected chi connectivity index (χ0v) is 14.1. The molecule has 0 radical (unpaired) electrons. The molecule has 2 aromatic rings. The lowest BCUT2D eigenvalue weighted by atomic mass is 9.92. The average Bonchev–Trinajstić information content (AvgIpc) is 2.86. The topological polar surface area (TPSA) is 78.9 Å². The van der Waals surface area contributed by atoms with Crippen molar-refractivity contribution in [2.75, 3.05) is 13.7 Å². The van der Waals surface area contributed by atoms with E-state index in [2.05, 4.69) is 5.32 Å². The average molecular weight is 340 g/mol. The van der Waals surface area contributed by atoms with Gasteiger partial charge in [0.1, 0.15) is 11.3 Å². The summed E-state index contributed by atoms with van der Waals surface area (Å²) in [7, 11) is 1.54. The molecule has 0 aliphatic carbocycles. The van der Waals surface area contributed by atoms with Crippen LogP contribution in [0.25, 0.3) is 0 Å². The number of nitrogens with zero attached hydrogens (tertiary/aromatic N) is 1. The molecule has 1 aliphatic heterocycles. The molecule has 1 heterocycles. The van der Waals surface area contributed by atoms with E-state index in [9.17, 15) is 14.7 Å². The third kappa shape index (κ3) is 3.08. The van der Waals surface area contributed by atoms with Crippen molar-refractivity contribution in [2.45, 2.75) is 18.6 Å². The van der Waals surface area contributed by atoms with Crippen LogP contribution in [0, 0.1) is 0 Å². The smallest absolute Gasteiger partial charge is 0.325 e. The number of β-amino-alcohol motifs (C(OH)–C–C–N with tert-alkyl or cyclic N) is 1. The number of ether oxygens (including phenoxy) is 1. The molecule has 25 heavy (non-hydrogen) atoms. The molecule has 2 aromatic carbocycles. The zero-order valence-electron chi connectivity index (χ0n) is 14.1. The first-order valence-electron chi connectivity index (χ1n) is 7.97. The van der Waals surface area contributed by atoms with Crippen LogP contribution in [0.4, 0.5) is 4.79 Å². The monoisotopic (exact) mass is 340 g/mol. The van der Waals surface area contributed by atoms with Crippen LogP contribution in [0.15, 0.2) is 54.6 Å². The summed E-state index contributed by atoms with van der Waals surface area (Å²) in [6.45, 7) is 1.55. The van der Waals surface area contributed by atoms with Gasteiger partial charge in [-0.3, -0.25) is 9.69 Å². The molecule has 1 aliphatic rings. The molecule has 0 bridgehead atoms. The Bertz CT molecular complexity index is 793. The van der Waals surface area contributed by atoms with Gasteiger partial charge in [0.25, 0.3) is 5.91 Å². The molecular formula is C19H20N2O4. The van der Waals surface area contributed by atoms with Crippen molar-refractivity contribution in [3.8, 4) is 5.75 Å². The molecule has 0 spiro atoms. The van der Waals surface area contributed by atoms with Gasteiger partial charge in [-0.15, -0.1) is 0 Å². The molecule has 1 saturated heterocycles. The predicted octanol–water partition coefficient (Wildman–Crippen LogP) is 2.20. The number of carbonyl (C=O) groups is 2. The van der Waals surface area contributed by atoms with Gasteiger partial charge < -0.3 is 15.2 Å². The van der Waals surface area contributed by atoms with Crippen molar-refractivity contribution in [1.82, 2.24) is 10.2 Å². The molecule has 130 valence electrons. The summed E-state index contributed by atoms with van der Waals surface area (Å²) in [4.78, 5) is 26.3. The Balaban J connectivity index is 1.84. The number of nitrogens with one attached hydrogen (secondary N) is 1. The van der Waals surface area contributed by atoms with Gasteiger partial charge >= 0.3 is 6.03 Å². The number of carbonyl (C=O) groups excluding carboxylic acids is 2. The molecule has 6 heteroatoms. The first kappa shape index (κ1) is 17.0. The first-order chi connectivity index (χ1) is 12.0. The lowest BCUT2D eigenvalue weighted by Crippen LogP contribution is -2.41. The number of imide groups is 1. The van der Waals surface area contributed by atoms with E-state index in [0.717, 1.165) is 4.90 Å². The van der Waals surface area contributed by atoms with E-state index in [1.54, 1.807) is 62.6 Å². The minimum absolute atomic E-state index is 0.103. The van der Waals surface area contributed by atoms with Crippen LogP contribution in [0.2, 0.25) is 0 Å². The third-order valence-corrected chi connectivity index (χ3v) is 4.46. The fraction of sp³-hybridized carbons (Fsp3) is 0.263. The largest absolute Gasteiger partial charge is 0.497 e. The van der Waals surface area contributed by atoms with Gasteiger partial charge in [0, 0.05) is 0 Å². The molecule has 0 aromatic heterocycles. The maximum absolute atomic E-state index is 12.9. The third-order valence-electron chi connectivity index (χ3n) is 4.46. The van der Waals surface area contributed by atoms with E-state index in [1.807, 2.05) is 6.07 Å². The van der Waals surface area contributed by atoms with Crippen molar-refractivity contribution in [1.29, 1.82) is 0 Å². The number of benzene rings is 2. The van der Waals surface area contributed by atoms with Crippen molar-refractivity contribution >= 4 is 11.9 Å². The second-order valence-electron chi connectivity index (χ2n) is 6.13. The zero-order chi connectivity index (χ0) is 18.0. The second-order valence-corrected chi connectivity index (χ2v) is 6.13. The highest BCUT2D eigenvalue weighted by Crippen LogP contribution is 2.31. The SMILES string of the molecule is COc1cccc([C@@]2(C)NC(=O)N(C[C@H](O)c3ccccc3)C2=O)c1. The maximum Gasteiger partial charge on any atom is 0.325 e. The number of rotatable bonds is 5. The van der Waals surface area contributed by atoms with E-state index in [1.165, 1.54) is 0 Å². The minimum atomic E-state index is -1.19. The number of hydrogen-bond acceptors (Lipinski definition) is 4. The van der Waals surface area contributed by atoms with Gasteiger partial charge in [-0.05, 0) is 30.2 Å². The summed E-state index contributed by atoms with van der Waals surface area (Å²) in [5.41, 5.74) is 0.0853. The van der Waals surface area contributed by atoms with Crippen molar-refractivity contribution in [2.24, 2.45) is 0 Å². The predicted molar refractivity (Wildman–Crippen MR) is 92.0 cm³/mol. The Hall–Kier alpha value is -2.86. The Morgan fingerprint density at radius 1 is 1.16 bits per heavy atom. The van der Waals surface area contributed by atoms with Crippen LogP contribution >= 0.6 is 0 Å². The normalized spacial score (nSPS) is 21.2. The first-order valence-corrected chi connectivity index (χ1v) is 7.97. The lowest BCUT2D eigenvalue weighted by Gasteiger charge is -2.23. The number of amides is 3. The van der Waals surface area contributed by atoms with Gasteiger partial charge in [0.05, 0.1) is 19.8 Å². The van der Waals surface area contributed by atoms with Gasteiger partial charge in [-0.2, -0.15) is 0 Å². The number of hydrogen-bond donors (Lipinski definition) is 2. The fourth-order valence-electron chi connectivity index (χ4n) is 2.95.